The predicted molar refractivity (Wildman–Crippen MR) is 78.7 cm³/mol. The summed E-state index contributed by atoms with van der Waals surface area (Å²) in [6, 6.07) is 12.1. The molecule has 0 aliphatic rings. The second-order valence-corrected chi connectivity index (χ2v) is 5.08. The van der Waals surface area contributed by atoms with Crippen LogP contribution < -0.4 is 4.74 Å². The Morgan fingerprint density at radius 2 is 1.90 bits per heavy atom. The van der Waals surface area contributed by atoms with Gasteiger partial charge in [-0.3, -0.25) is 10.1 Å². The van der Waals surface area contributed by atoms with Crippen LogP contribution in [0.15, 0.2) is 42.5 Å². The van der Waals surface area contributed by atoms with Crippen molar-refractivity contribution in [3.63, 3.8) is 0 Å². The van der Waals surface area contributed by atoms with Crippen molar-refractivity contribution in [2.45, 2.75) is 19.8 Å². The first kappa shape index (κ1) is 14.3. The van der Waals surface area contributed by atoms with Gasteiger partial charge >= 0.3 is 5.69 Å². The maximum Gasteiger partial charge on any atom is 0.329 e. The maximum absolute atomic E-state index is 11.0. The molecule has 20 heavy (non-hydrogen) atoms. The Morgan fingerprint density at radius 1 is 1.20 bits per heavy atom. The Balaban J connectivity index is 2.38. The molecular weight excluding hydrogens is 278 g/mol. The fraction of sp³-hybridized carbons (Fsp3) is 0.200. The third-order valence-electron chi connectivity index (χ3n) is 2.88. The molecule has 0 amide bonds. The predicted octanol–water partition coefficient (Wildman–Crippen LogP) is 5.16. The molecule has 0 spiro atoms. The van der Waals surface area contributed by atoms with E-state index in [9.17, 15) is 10.1 Å². The number of benzene rings is 2. The highest BCUT2D eigenvalue weighted by atomic mass is 35.5. The van der Waals surface area contributed by atoms with Crippen LogP contribution in [0.3, 0.4) is 0 Å². The van der Waals surface area contributed by atoms with Gasteiger partial charge in [0.2, 0.25) is 5.75 Å². The fourth-order valence-electron chi connectivity index (χ4n) is 1.82. The van der Waals surface area contributed by atoms with Gasteiger partial charge in [0, 0.05) is 0 Å². The summed E-state index contributed by atoms with van der Waals surface area (Å²) in [7, 11) is 0. The minimum absolute atomic E-state index is 0.0625. The molecule has 2 rings (SSSR count). The van der Waals surface area contributed by atoms with E-state index in [4.69, 9.17) is 16.3 Å². The molecule has 0 heterocycles. The van der Waals surface area contributed by atoms with Gasteiger partial charge in [-0.05, 0) is 35.7 Å². The molecule has 0 aliphatic carbocycles. The summed E-state index contributed by atoms with van der Waals surface area (Å²) in [5.74, 6) is 1.05. The lowest BCUT2D eigenvalue weighted by atomic mass is 10.0. The molecule has 2 aromatic rings. The van der Waals surface area contributed by atoms with Crippen molar-refractivity contribution in [1.29, 1.82) is 0 Å². The van der Waals surface area contributed by atoms with Crippen molar-refractivity contribution in [3.05, 3.63) is 63.2 Å². The van der Waals surface area contributed by atoms with E-state index in [1.807, 2.05) is 18.2 Å². The van der Waals surface area contributed by atoms with Gasteiger partial charge in [0.15, 0.2) is 0 Å². The van der Waals surface area contributed by atoms with Crippen molar-refractivity contribution in [2.75, 3.05) is 0 Å². The number of rotatable bonds is 4. The number of para-hydroxylation sites is 1. The highest BCUT2D eigenvalue weighted by Gasteiger charge is 2.20. The first-order chi connectivity index (χ1) is 9.49. The van der Waals surface area contributed by atoms with Crippen LogP contribution in [0.2, 0.25) is 5.02 Å². The van der Waals surface area contributed by atoms with Crippen LogP contribution in [0.1, 0.15) is 25.3 Å². The monoisotopic (exact) mass is 291 g/mol. The molecule has 0 fully saturated rings. The topological polar surface area (TPSA) is 52.4 Å². The summed E-state index contributed by atoms with van der Waals surface area (Å²) < 4.78 is 5.62. The van der Waals surface area contributed by atoms with E-state index in [0.29, 0.717) is 11.7 Å². The second-order valence-electron chi connectivity index (χ2n) is 4.67. The first-order valence-corrected chi connectivity index (χ1v) is 6.57. The fourth-order valence-corrected chi connectivity index (χ4v) is 2.05. The molecule has 0 aromatic heterocycles. The zero-order valence-electron chi connectivity index (χ0n) is 11.2. The van der Waals surface area contributed by atoms with Gasteiger partial charge in [-0.25, -0.2) is 0 Å². The van der Waals surface area contributed by atoms with Gasteiger partial charge in [-0.1, -0.05) is 43.6 Å². The summed E-state index contributed by atoms with van der Waals surface area (Å²) in [5, 5.41) is 11.1. The standard InChI is InChI=1S/C15H14ClNO3/c1-10(2)11-5-3-6-12(9-11)20-14-8-4-7-13(16)15(14)17(18)19/h3-10H,1-2H3. The zero-order chi connectivity index (χ0) is 14.7. The maximum atomic E-state index is 11.0. The van der Waals surface area contributed by atoms with E-state index in [1.54, 1.807) is 12.1 Å². The van der Waals surface area contributed by atoms with Crippen LogP contribution in [0.5, 0.6) is 11.5 Å². The molecule has 0 bridgehead atoms. The lowest BCUT2D eigenvalue weighted by Crippen LogP contribution is -1.95. The Hall–Kier alpha value is -2.07. The van der Waals surface area contributed by atoms with E-state index in [-0.39, 0.29) is 16.5 Å². The summed E-state index contributed by atoms with van der Waals surface area (Å²) in [6.07, 6.45) is 0. The van der Waals surface area contributed by atoms with Gasteiger partial charge in [0.1, 0.15) is 10.8 Å². The average Bonchev–Trinajstić information content (AvgIpc) is 2.38. The van der Waals surface area contributed by atoms with Crippen LogP contribution in [-0.4, -0.2) is 4.92 Å². The quantitative estimate of drug-likeness (QED) is 0.577. The van der Waals surface area contributed by atoms with Gasteiger partial charge < -0.3 is 4.74 Å². The highest BCUT2D eigenvalue weighted by molar-refractivity contribution is 6.32. The summed E-state index contributed by atoms with van der Waals surface area (Å²) in [6.45, 7) is 4.14. The van der Waals surface area contributed by atoms with Crippen LogP contribution in [0.4, 0.5) is 5.69 Å². The largest absolute Gasteiger partial charge is 0.450 e. The second kappa shape index (κ2) is 5.92. The molecule has 0 aliphatic heterocycles. The molecule has 0 saturated heterocycles. The van der Waals surface area contributed by atoms with E-state index in [2.05, 4.69) is 13.8 Å². The van der Waals surface area contributed by atoms with Crippen LogP contribution in [0, 0.1) is 10.1 Å². The van der Waals surface area contributed by atoms with Crippen LogP contribution >= 0.6 is 11.6 Å². The van der Waals surface area contributed by atoms with E-state index in [0.717, 1.165) is 5.56 Å². The minimum Gasteiger partial charge on any atom is -0.450 e. The number of nitro groups is 1. The van der Waals surface area contributed by atoms with Gasteiger partial charge in [0.25, 0.3) is 0 Å². The molecule has 2 aromatic carbocycles. The number of nitrogens with zero attached hydrogens (tertiary/aromatic N) is 1. The highest BCUT2D eigenvalue weighted by Crippen LogP contribution is 2.37. The van der Waals surface area contributed by atoms with Gasteiger partial charge in [-0.15, -0.1) is 0 Å². The molecule has 5 heteroatoms. The zero-order valence-corrected chi connectivity index (χ0v) is 11.9. The third-order valence-corrected chi connectivity index (χ3v) is 3.19. The number of ether oxygens (including phenoxy) is 1. The number of nitro benzene ring substituents is 1. The Morgan fingerprint density at radius 3 is 2.55 bits per heavy atom. The van der Waals surface area contributed by atoms with Crippen molar-refractivity contribution in [2.24, 2.45) is 0 Å². The van der Waals surface area contributed by atoms with E-state index in [1.165, 1.54) is 12.1 Å². The third kappa shape index (κ3) is 3.08. The summed E-state index contributed by atoms with van der Waals surface area (Å²) in [5.41, 5.74) is 0.885. The summed E-state index contributed by atoms with van der Waals surface area (Å²) in [4.78, 5) is 10.5. The molecule has 0 radical (unpaired) electrons. The van der Waals surface area contributed by atoms with Crippen molar-refractivity contribution < 1.29 is 9.66 Å². The number of halogens is 1. The normalized spacial score (nSPS) is 10.6. The minimum atomic E-state index is -0.538. The molecule has 0 unspecified atom stereocenters. The molecule has 104 valence electrons. The molecule has 0 atom stereocenters. The molecule has 0 saturated carbocycles. The van der Waals surface area contributed by atoms with E-state index < -0.39 is 4.92 Å². The lowest BCUT2D eigenvalue weighted by molar-refractivity contribution is -0.385. The van der Waals surface area contributed by atoms with Crippen molar-refractivity contribution in [1.82, 2.24) is 0 Å². The SMILES string of the molecule is CC(C)c1cccc(Oc2cccc(Cl)c2[N+](=O)[O-])c1. The molecule has 4 nitrogen and oxygen atoms in total. The smallest absolute Gasteiger partial charge is 0.329 e. The molecule has 0 N–H and O–H groups in total. The Kier molecular flexibility index (Phi) is 4.25. The van der Waals surface area contributed by atoms with Crippen LogP contribution in [0.25, 0.3) is 0 Å². The summed E-state index contributed by atoms with van der Waals surface area (Å²) >= 11 is 5.85. The van der Waals surface area contributed by atoms with Crippen LogP contribution in [-0.2, 0) is 0 Å². The van der Waals surface area contributed by atoms with Crippen molar-refractivity contribution in [3.8, 4) is 11.5 Å². The van der Waals surface area contributed by atoms with E-state index >= 15 is 0 Å². The van der Waals surface area contributed by atoms with Gasteiger partial charge in [-0.2, -0.15) is 0 Å². The lowest BCUT2D eigenvalue weighted by Gasteiger charge is -2.10. The first-order valence-electron chi connectivity index (χ1n) is 6.19. The number of hydrogen-bond acceptors (Lipinski definition) is 3. The van der Waals surface area contributed by atoms with Gasteiger partial charge in [0.05, 0.1) is 4.92 Å². The Bertz CT molecular complexity index is 641. The average molecular weight is 292 g/mol. The number of hydrogen-bond donors (Lipinski definition) is 0. The molecular formula is C15H14ClNO3. The Labute approximate surface area is 122 Å². The van der Waals surface area contributed by atoms with Crippen molar-refractivity contribution >= 4 is 17.3 Å².